The predicted octanol–water partition coefficient (Wildman–Crippen LogP) is 0.808. The van der Waals surface area contributed by atoms with Gasteiger partial charge in [0.1, 0.15) is 6.10 Å². The summed E-state index contributed by atoms with van der Waals surface area (Å²) in [5.41, 5.74) is 0.623. The van der Waals surface area contributed by atoms with E-state index in [1.807, 2.05) is 0 Å². The van der Waals surface area contributed by atoms with Crippen LogP contribution in [0.25, 0.3) is 0 Å². The maximum Gasteiger partial charge on any atom is 0.337 e. The average Bonchev–Trinajstić information content (AvgIpc) is 2.68. The van der Waals surface area contributed by atoms with E-state index in [4.69, 9.17) is 27.8 Å². The summed E-state index contributed by atoms with van der Waals surface area (Å²) >= 11 is 0. The molecule has 0 amide bonds. The molecule has 1 fully saturated rings. The summed E-state index contributed by atoms with van der Waals surface area (Å²) in [4.78, 5) is 47.0. The lowest BCUT2D eigenvalue weighted by atomic mass is 9.97. The molecule has 5 atom stereocenters. The van der Waals surface area contributed by atoms with E-state index in [1.54, 1.807) is 30.3 Å². The summed E-state index contributed by atoms with van der Waals surface area (Å²) in [5, 5.41) is 9.59. The molecule has 158 valence electrons. The molecule has 10 nitrogen and oxygen atoms in total. The Hall–Kier alpha value is -2.98. The third-order valence-electron chi connectivity index (χ3n) is 3.85. The lowest BCUT2D eigenvalue weighted by Crippen LogP contribution is -2.63. The van der Waals surface area contributed by atoms with Crippen molar-refractivity contribution < 1.29 is 52.1 Å². The van der Waals surface area contributed by atoms with E-state index in [2.05, 4.69) is 0 Å². The highest BCUT2D eigenvalue weighted by atomic mass is 16.7. The number of carboxylic acid groups (broad SMARTS) is 1. The Morgan fingerprint density at radius 2 is 1.59 bits per heavy atom. The minimum atomic E-state index is -3.21. The molecule has 29 heavy (non-hydrogen) atoms. The van der Waals surface area contributed by atoms with E-state index < -0.39 is 61.4 Å². The molecule has 10 heteroatoms. The van der Waals surface area contributed by atoms with Crippen molar-refractivity contribution in [1.29, 1.82) is 0 Å². The molecule has 0 aliphatic carbocycles. The summed E-state index contributed by atoms with van der Waals surface area (Å²) in [6.07, 6.45) is -8.67. The van der Waals surface area contributed by atoms with E-state index in [-0.39, 0.29) is 6.61 Å². The Morgan fingerprint density at radius 1 is 0.966 bits per heavy atom. The van der Waals surface area contributed by atoms with Gasteiger partial charge in [-0.05, 0) is 5.56 Å². The molecule has 1 heterocycles. The highest BCUT2D eigenvalue weighted by molar-refractivity contribution is 5.75. The second kappa shape index (κ2) is 9.99. The summed E-state index contributed by atoms with van der Waals surface area (Å²) in [5.74, 6) is -5.10. The van der Waals surface area contributed by atoms with Crippen molar-refractivity contribution >= 4 is 23.9 Å². The zero-order valence-electron chi connectivity index (χ0n) is 18.6. The first kappa shape index (κ1) is 18.1. The average molecular weight is 413 g/mol. The lowest BCUT2D eigenvalue weighted by Gasteiger charge is -2.42. The van der Waals surface area contributed by atoms with Gasteiger partial charge in [-0.15, -0.1) is 0 Å². The standard InChI is InChI=1S/C19H22O10/c1-10(20)26-15-14(25-9-13-7-5-4-6-8-13)17(27-11(2)21)19(28-12(3)22)29-16(15)18(23)24/h4-8,14-17,19H,9H2,1-3H3,(H,23,24)/t14-,15-,16+,17+,19-/m0/s1/i1D3. The minimum Gasteiger partial charge on any atom is -0.479 e. The minimum absolute atomic E-state index is 0.162. The molecule has 1 aliphatic rings. The van der Waals surface area contributed by atoms with Gasteiger partial charge in [-0.3, -0.25) is 14.4 Å². The van der Waals surface area contributed by atoms with E-state index in [9.17, 15) is 24.3 Å². The van der Waals surface area contributed by atoms with Crippen LogP contribution in [-0.2, 0) is 49.5 Å². The Bertz CT molecular complexity index is 842. The van der Waals surface area contributed by atoms with Crippen LogP contribution in [0.15, 0.2) is 30.3 Å². The number of esters is 3. The second-order valence-corrected chi connectivity index (χ2v) is 6.08. The molecule has 1 aromatic carbocycles. The van der Waals surface area contributed by atoms with Gasteiger partial charge in [-0.1, -0.05) is 30.3 Å². The van der Waals surface area contributed by atoms with Crippen LogP contribution in [0.3, 0.4) is 0 Å². The fraction of sp³-hybridized carbons (Fsp3) is 0.474. The first-order valence-electron chi connectivity index (χ1n) is 9.99. The van der Waals surface area contributed by atoms with Gasteiger partial charge in [-0.25, -0.2) is 4.79 Å². The number of benzene rings is 1. The predicted molar refractivity (Wildman–Crippen MR) is 94.2 cm³/mol. The molecular formula is C19H22O10. The smallest absolute Gasteiger partial charge is 0.337 e. The largest absolute Gasteiger partial charge is 0.479 e. The number of carboxylic acids is 1. The molecule has 1 aliphatic heterocycles. The van der Waals surface area contributed by atoms with Crippen molar-refractivity contribution in [1.82, 2.24) is 0 Å². The third-order valence-corrected chi connectivity index (χ3v) is 3.85. The summed E-state index contributed by atoms with van der Waals surface area (Å²) in [6, 6.07) is 8.53. The van der Waals surface area contributed by atoms with Gasteiger partial charge in [-0.2, -0.15) is 0 Å². The molecule has 0 spiro atoms. The summed E-state index contributed by atoms with van der Waals surface area (Å²) < 4.78 is 47.6. The molecule has 0 radical (unpaired) electrons. The lowest BCUT2D eigenvalue weighted by molar-refractivity contribution is -0.299. The Morgan fingerprint density at radius 3 is 2.14 bits per heavy atom. The van der Waals surface area contributed by atoms with Crippen molar-refractivity contribution in [3.63, 3.8) is 0 Å². The van der Waals surface area contributed by atoms with E-state index >= 15 is 0 Å². The van der Waals surface area contributed by atoms with Crippen LogP contribution < -0.4 is 0 Å². The van der Waals surface area contributed by atoms with Crippen LogP contribution in [0.4, 0.5) is 0 Å². The highest BCUT2D eigenvalue weighted by Gasteiger charge is 2.54. The Kier molecular flexibility index (Phi) is 6.22. The van der Waals surface area contributed by atoms with Crippen LogP contribution in [-0.4, -0.2) is 59.7 Å². The number of ether oxygens (including phenoxy) is 5. The fourth-order valence-corrected chi connectivity index (χ4v) is 2.79. The number of hydrogen-bond donors (Lipinski definition) is 1. The van der Waals surface area contributed by atoms with Gasteiger partial charge >= 0.3 is 23.9 Å². The number of rotatable bonds is 7. The number of carbonyl (C=O) groups is 4. The monoisotopic (exact) mass is 413 g/mol. The molecule has 1 aromatic rings. The van der Waals surface area contributed by atoms with Crippen LogP contribution >= 0.6 is 0 Å². The SMILES string of the molecule is [2H]C([2H])([2H])C(=O)O[C@H]1[C@H](OCc2ccccc2)[C@@H](OC(C)=O)[C@@H](OC(C)=O)O[C@H]1C(=O)O. The zero-order valence-corrected chi connectivity index (χ0v) is 15.6. The molecule has 2 rings (SSSR count). The molecule has 1 N–H and O–H groups in total. The zero-order chi connectivity index (χ0) is 24.1. The molecular weight excluding hydrogens is 388 g/mol. The molecule has 0 saturated carbocycles. The van der Waals surface area contributed by atoms with Gasteiger partial charge in [0.2, 0.25) is 6.29 Å². The number of carbonyl (C=O) groups excluding carboxylic acids is 3. The Balaban J connectivity index is 2.46. The molecule has 0 aromatic heterocycles. The normalized spacial score (nSPS) is 28.2. The summed E-state index contributed by atoms with van der Waals surface area (Å²) in [6.45, 7) is -1.32. The van der Waals surface area contributed by atoms with E-state index in [0.717, 1.165) is 13.8 Å². The topological polar surface area (TPSA) is 135 Å². The molecule has 1 saturated heterocycles. The van der Waals surface area contributed by atoms with Crippen LogP contribution in [0, 0.1) is 0 Å². The van der Waals surface area contributed by atoms with Gasteiger partial charge in [0.15, 0.2) is 18.3 Å². The first-order chi connectivity index (χ1) is 14.9. The van der Waals surface area contributed by atoms with Crippen molar-refractivity contribution in [2.75, 3.05) is 0 Å². The first-order valence-corrected chi connectivity index (χ1v) is 8.49. The highest BCUT2D eigenvalue weighted by Crippen LogP contribution is 2.30. The Labute approximate surface area is 170 Å². The van der Waals surface area contributed by atoms with Crippen LogP contribution in [0.1, 0.15) is 30.4 Å². The van der Waals surface area contributed by atoms with Crippen molar-refractivity contribution in [2.45, 2.75) is 58.0 Å². The van der Waals surface area contributed by atoms with E-state index in [1.165, 1.54) is 0 Å². The van der Waals surface area contributed by atoms with Gasteiger partial charge < -0.3 is 28.8 Å². The van der Waals surface area contributed by atoms with Crippen LogP contribution in [0.2, 0.25) is 0 Å². The molecule has 0 bridgehead atoms. The van der Waals surface area contributed by atoms with Gasteiger partial charge in [0, 0.05) is 24.8 Å². The van der Waals surface area contributed by atoms with Crippen molar-refractivity contribution in [2.24, 2.45) is 0 Å². The molecule has 0 unspecified atom stereocenters. The van der Waals surface area contributed by atoms with E-state index in [0.29, 0.717) is 5.56 Å². The van der Waals surface area contributed by atoms with Crippen LogP contribution in [0.5, 0.6) is 0 Å². The quantitative estimate of drug-likeness (QED) is 0.505. The van der Waals surface area contributed by atoms with Crippen molar-refractivity contribution in [3.05, 3.63) is 35.9 Å². The number of hydrogen-bond acceptors (Lipinski definition) is 9. The number of aliphatic carboxylic acids is 1. The second-order valence-electron chi connectivity index (χ2n) is 6.08. The third kappa shape index (κ3) is 6.26. The van der Waals surface area contributed by atoms with Gasteiger partial charge in [0.05, 0.1) is 6.61 Å². The van der Waals surface area contributed by atoms with Crippen molar-refractivity contribution in [3.8, 4) is 0 Å². The maximum absolute atomic E-state index is 12.0. The fourth-order valence-electron chi connectivity index (χ4n) is 2.79. The maximum atomic E-state index is 12.0. The van der Waals surface area contributed by atoms with Gasteiger partial charge in [0.25, 0.3) is 0 Å². The summed E-state index contributed by atoms with van der Waals surface area (Å²) in [7, 11) is 0.